The summed E-state index contributed by atoms with van der Waals surface area (Å²) in [5, 5.41) is 2.30. The first-order valence-corrected chi connectivity index (χ1v) is 7.46. The highest BCUT2D eigenvalue weighted by Crippen LogP contribution is 2.35. The van der Waals surface area contributed by atoms with Crippen LogP contribution in [0.25, 0.3) is 0 Å². The van der Waals surface area contributed by atoms with E-state index in [1.54, 1.807) is 6.07 Å². The van der Waals surface area contributed by atoms with Gasteiger partial charge >= 0.3 is 0 Å². The fraction of sp³-hybridized carbons (Fsp3) is 0.438. The van der Waals surface area contributed by atoms with Crippen LogP contribution in [-0.2, 0) is 16.1 Å². The van der Waals surface area contributed by atoms with E-state index in [1.807, 2.05) is 6.07 Å². The van der Waals surface area contributed by atoms with E-state index in [-0.39, 0.29) is 24.2 Å². The second kappa shape index (κ2) is 5.12. The Balaban J connectivity index is 1.97. The maximum Gasteiger partial charge on any atom is 0.257 e. The van der Waals surface area contributed by atoms with E-state index >= 15 is 0 Å². The number of anilines is 1. The maximum absolute atomic E-state index is 12.7. The minimum atomic E-state index is -0.600. The van der Waals surface area contributed by atoms with Gasteiger partial charge in [-0.3, -0.25) is 19.7 Å². The molecule has 0 bridgehead atoms. The predicted octanol–water partition coefficient (Wildman–Crippen LogP) is 1.15. The van der Waals surface area contributed by atoms with Crippen LogP contribution in [0.1, 0.15) is 54.1 Å². The lowest BCUT2D eigenvalue weighted by Crippen LogP contribution is -2.52. The molecule has 2 aliphatic rings. The predicted molar refractivity (Wildman–Crippen MR) is 81.0 cm³/mol. The molecule has 116 valence electrons. The summed E-state index contributed by atoms with van der Waals surface area (Å²) in [7, 11) is 0. The number of fused-ring (bicyclic) bond motifs is 1. The Bertz CT molecular complexity index is 681. The summed E-state index contributed by atoms with van der Waals surface area (Å²) in [4.78, 5) is 37.5. The van der Waals surface area contributed by atoms with Crippen molar-refractivity contribution in [1.82, 2.24) is 10.2 Å². The number of nitrogens with one attached hydrogen (secondary N) is 1. The molecule has 1 atom stereocenters. The number of benzene rings is 1. The molecule has 1 fully saturated rings. The van der Waals surface area contributed by atoms with Crippen molar-refractivity contribution in [1.29, 1.82) is 0 Å². The number of piperidine rings is 1. The van der Waals surface area contributed by atoms with Gasteiger partial charge in [0, 0.05) is 18.7 Å². The molecule has 1 aromatic rings. The van der Waals surface area contributed by atoms with Crippen molar-refractivity contribution >= 4 is 23.4 Å². The molecule has 2 heterocycles. The first-order chi connectivity index (χ1) is 10.4. The Morgan fingerprint density at radius 3 is 2.64 bits per heavy atom. The van der Waals surface area contributed by atoms with Gasteiger partial charge in [0.25, 0.3) is 5.91 Å². The molecule has 1 saturated heterocycles. The lowest BCUT2D eigenvalue weighted by molar-refractivity contribution is -0.136. The van der Waals surface area contributed by atoms with Crippen LogP contribution in [0.4, 0.5) is 5.69 Å². The number of carbonyl (C=O) groups is 3. The molecule has 6 nitrogen and oxygen atoms in total. The second-order valence-corrected chi connectivity index (χ2v) is 6.15. The lowest BCUT2D eigenvalue weighted by Gasteiger charge is -2.29. The van der Waals surface area contributed by atoms with Gasteiger partial charge in [-0.2, -0.15) is 0 Å². The van der Waals surface area contributed by atoms with E-state index in [9.17, 15) is 14.4 Å². The molecule has 0 radical (unpaired) electrons. The standard InChI is InChI=1S/C16H19N3O3/c1-8(2)9-3-4-11(17)14-10(9)7-19(16(14)22)12-5-6-13(20)18-15(12)21/h3-4,8,12H,5-7,17H2,1-2H3,(H,18,20,21). The van der Waals surface area contributed by atoms with Crippen LogP contribution in [0.15, 0.2) is 12.1 Å². The highest BCUT2D eigenvalue weighted by Gasteiger charge is 2.40. The fourth-order valence-electron chi connectivity index (χ4n) is 3.26. The topological polar surface area (TPSA) is 92.5 Å². The monoisotopic (exact) mass is 301 g/mol. The first-order valence-electron chi connectivity index (χ1n) is 7.46. The van der Waals surface area contributed by atoms with Gasteiger partial charge in [-0.15, -0.1) is 0 Å². The highest BCUT2D eigenvalue weighted by molar-refractivity contribution is 6.07. The number of nitrogens with zero attached hydrogens (tertiary/aromatic N) is 1. The highest BCUT2D eigenvalue weighted by atomic mass is 16.2. The van der Waals surface area contributed by atoms with Crippen molar-refractivity contribution in [2.75, 3.05) is 5.73 Å². The smallest absolute Gasteiger partial charge is 0.257 e. The van der Waals surface area contributed by atoms with Gasteiger partial charge in [-0.05, 0) is 29.5 Å². The Labute approximate surface area is 128 Å². The van der Waals surface area contributed by atoms with Crippen molar-refractivity contribution < 1.29 is 14.4 Å². The Morgan fingerprint density at radius 2 is 2.00 bits per heavy atom. The average Bonchev–Trinajstić information content (AvgIpc) is 2.77. The third kappa shape index (κ3) is 2.15. The average molecular weight is 301 g/mol. The fourth-order valence-corrected chi connectivity index (χ4v) is 3.26. The molecule has 1 aromatic carbocycles. The number of amides is 3. The van der Waals surface area contributed by atoms with Crippen LogP contribution in [-0.4, -0.2) is 28.7 Å². The van der Waals surface area contributed by atoms with E-state index in [0.717, 1.165) is 11.1 Å². The molecule has 0 aliphatic carbocycles. The molecule has 1 unspecified atom stereocenters. The summed E-state index contributed by atoms with van der Waals surface area (Å²) in [6, 6.07) is 3.09. The summed E-state index contributed by atoms with van der Waals surface area (Å²) >= 11 is 0. The van der Waals surface area contributed by atoms with Crippen molar-refractivity contribution in [3.8, 4) is 0 Å². The molecular weight excluding hydrogens is 282 g/mol. The quantitative estimate of drug-likeness (QED) is 0.633. The van der Waals surface area contributed by atoms with Crippen molar-refractivity contribution in [2.45, 2.75) is 45.2 Å². The summed E-state index contributed by atoms with van der Waals surface area (Å²) in [5.74, 6) is -0.636. The van der Waals surface area contributed by atoms with E-state index in [0.29, 0.717) is 24.2 Å². The van der Waals surface area contributed by atoms with Crippen molar-refractivity contribution in [3.63, 3.8) is 0 Å². The molecular formula is C16H19N3O3. The molecule has 3 N–H and O–H groups in total. The first kappa shape index (κ1) is 14.6. The van der Waals surface area contributed by atoms with Crippen molar-refractivity contribution in [2.24, 2.45) is 0 Å². The number of nitrogen functional groups attached to an aromatic ring is 1. The van der Waals surface area contributed by atoms with Crippen LogP contribution in [0.3, 0.4) is 0 Å². The Morgan fingerprint density at radius 1 is 1.27 bits per heavy atom. The number of nitrogens with two attached hydrogens (primary N) is 1. The largest absolute Gasteiger partial charge is 0.398 e. The minimum Gasteiger partial charge on any atom is -0.398 e. The van der Waals surface area contributed by atoms with Crippen LogP contribution in [0.2, 0.25) is 0 Å². The third-order valence-corrected chi connectivity index (χ3v) is 4.39. The zero-order chi connectivity index (χ0) is 16.0. The zero-order valence-corrected chi connectivity index (χ0v) is 12.7. The molecule has 0 spiro atoms. The number of rotatable bonds is 2. The van der Waals surface area contributed by atoms with E-state index in [4.69, 9.17) is 5.73 Å². The summed E-state index contributed by atoms with van der Waals surface area (Å²) < 4.78 is 0. The Kier molecular flexibility index (Phi) is 3.39. The van der Waals surface area contributed by atoms with E-state index in [2.05, 4.69) is 19.2 Å². The van der Waals surface area contributed by atoms with Gasteiger partial charge in [-0.25, -0.2) is 0 Å². The van der Waals surface area contributed by atoms with Crippen LogP contribution in [0.5, 0.6) is 0 Å². The van der Waals surface area contributed by atoms with Gasteiger partial charge in [0.2, 0.25) is 11.8 Å². The van der Waals surface area contributed by atoms with Gasteiger partial charge in [0.15, 0.2) is 0 Å². The minimum absolute atomic E-state index is 0.218. The SMILES string of the molecule is CC(C)c1ccc(N)c2c1CN(C1CCC(=O)NC1=O)C2=O. The molecule has 0 aromatic heterocycles. The lowest BCUT2D eigenvalue weighted by atomic mass is 9.94. The number of imide groups is 1. The van der Waals surface area contributed by atoms with E-state index in [1.165, 1.54) is 4.90 Å². The number of carbonyl (C=O) groups excluding carboxylic acids is 3. The van der Waals surface area contributed by atoms with Crippen molar-refractivity contribution in [3.05, 3.63) is 28.8 Å². The molecule has 3 amide bonds. The van der Waals surface area contributed by atoms with Crippen LogP contribution >= 0.6 is 0 Å². The molecule has 6 heteroatoms. The summed E-state index contributed by atoms with van der Waals surface area (Å²) in [6.45, 7) is 4.49. The zero-order valence-electron chi connectivity index (χ0n) is 12.7. The summed E-state index contributed by atoms with van der Waals surface area (Å²) in [6.07, 6.45) is 0.615. The van der Waals surface area contributed by atoms with Gasteiger partial charge in [0.05, 0.1) is 5.56 Å². The van der Waals surface area contributed by atoms with Crippen LogP contribution in [0, 0.1) is 0 Å². The Hall–Kier alpha value is -2.37. The van der Waals surface area contributed by atoms with Gasteiger partial charge < -0.3 is 10.6 Å². The van der Waals surface area contributed by atoms with Crippen LogP contribution < -0.4 is 11.1 Å². The molecule has 3 rings (SSSR count). The number of hydrogen-bond donors (Lipinski definition) is 2. The molecule has 0 saturated carbocycles. The third-order valence-electron chi connectivity index (χ3n) is 4.39. The van der Waals surface area contributed by atoms with E-state index < -0.39 is 11.9 Å². The summed E-state index contributed by atoms with van der Waals surface area (Å²) in [5.41, 5.74) is 8.91. The molecule has 22 heavy (non-hydrogen) atoms. The normalized spacial score (nSPS) is 21.3. The second-order valence-electron chi connectivity index (χ2n) is 6.15. The number of hydrogen-bond acceptors (Lipinski definition) is 4. The maximum atomic E-state index is 12.7. The van der Waals surface area contributed by atoms with Gasteiger partial charge in [0.1, 0.15) is 6.04 Å². The van der Waals surface area contributed by atoms with Gasteiger partial charge in [-0.1, -0.05) is 19.9 Å². The molecule has 2 aliphatic heterocycles.